The number of nitro benzene ring substituents is 1. The Morgan fingerprint density at radius 1 is 1.05 bits per heavy atom. The number of rotatable bonds is 10. The number of nitrogens with zero attached hydrogens (tertiary/aromatic N) is 2. The van der Waals surface area contributed by atoms with Crippen molar-refractivity contribution in [3.8, 4) is 5.75 Å². The van der Waals surface area contributed by atoms with Crippen molar-refractivity contribution in [3.05, 3.63) is 100 Å². The quantitative estimate of drug-likeness (QED) is 0.164. The van der Waals surface area contributed by atoms with Crippen molar-refractivity contribution in [1.29, 1.82) is 0 Å². The highest BCUT2D eigenvalue weighted by molar-refractivity contribution is 7.99. The Morgan fingerprint density at radius 2 is 1.73 bits per heavy atom. The number of carboxylic acids is 1. The number of ether oxygens (including phenoxy) is 1. The number of amides is 2. The van der Waals surface area contributed by atoms with Crippen LogP contribution in [0.4, 0.5) is 5.69 Å². The van der Waals surface area contributed by atoms with Crippen LogP contribution in [0.25, 0.3) is 0 Å². The number of para-hydroxylation sites is 1. The second-order valence-corrected chi connectivity index (χ2v) is 10.9. The molecule has 2 aliphatic rings. The highest BCUT2D eigenvalue weighted by Gasteiger charge is 2.68. The first-order chi connectivity index (χ1) is 19.3. The lowest BCUT2D eigenvalue weighted by atomic mass is 9.76. The number of likely N-dealkylation sites (tertiary alicyclic amines) is 1. The van der Waals surface area contributed by atoms with E-state index >= 15 is 0 Å². The molecule has 0 bridgehead atoms. The summed E-state index contributed by atoms with van der Waals surface area (Å²) in [7, 11) is 1.49. The predicted molar refractivity (Wildman–Crippen MR) is 147 cm³/mol. The van der Waals surface area contributed by atoms with Crippen LogP contribution in [0.2, 0.25) is 0 Å². The Bertz CT molecular complexity index is 1450. The van der Waals surface area contributed by atoms with Crippen LogP contribution in [0.1, 0.15) is 17.2 Å². The van der Waals surface area contributed by atoms with Crippen molar-refractivity contribution in [3.63, 3.8) is 0 Å². The van der Waals surface area contributed by atoms with Gasteiger partial charge in [0, 0.05) is 47.4 Å². The number of methoxy groups -OCH3 is 1. The molecule has 11 heteroatoms. The van der Waals surface area contributed by atoms with E-state index in [4.69, 9.17) is 4.74 Å². The number of carbonyl (C=O) groups excluding carboxylic acids is 2. The Hall–Kier alpha value is -4.22. The zero-order chi connectivity index (χ0) is 28.4. The molecule has 5 rings (SSSR count). The fraction of sp³-hybridized carbons (Fsp3) is 0.276. The molecule has 40 heavy (non-hydrogen) atoms. The molecule has 4 atom stereocenters. The lowest BCUT2D eigenvalue weighted by molar-refractivity contribution is -0.384. The highest BCUT2D eigenvalue weighted by atomic mass is 32.2. The number of hydrogen-bond donors (Lipinski definition) is 2. The summed E-state index contributed by atoms with van der Waals surface area (Å²) in [6, 6.07) is 21.3. The van der Waals surface area contributed by atoms with Crippen molar-refractivity contribution >= 4 is 35.2 Å². The summed E-state index contributed by atoms with van der Waals surface area (Å²) < 4.78 is 5.53. The fourth-order valence-corrected chi connectivity index (χ4v) is 6.60. The number of hydrogen-bond acceptors (Lipinski definition) is 8. The molecule has 2 aliphatic heterocycles. The number of nitro groups is 1. The standard InChI is InChI=1S/C29H27N3O7S/c1-39-22-10-6-5-9-21(22)25-23-24(27(34)31(26(23)33)15-16-40-20-7-3-2-4-8-20)29(30-25,28(35)36)17-18-11-13-19(14-12-18)32(37)38/h2-14,23-25,30H,15-17H2,1H3,(H,35,36). The monoisotopic (exact) mass is 561 g/mol. The number of non-ortho nitro benzene ring substituents is 1. The summed E-state index contributed by atoms with van der Waals surface area (Å²) in [5, 5.41) is 24.9. The normalized spacial score (nSPS) is 23.7. The molecule has 3 aromatic carbocycles. The number of carboxylic acid groups (broad SMARTS) is 1. The molecule has 2 fully saturated rings. The Kier molecular flexibility index (Phi) is 7.59. The van der Waals surface area contributed by atoms with Crippen LogP contribution in [0.3, 0.4) is 0 Å². The largest absolute Gasteiger partial charge is 0.496 e. The van der Waals surface area contributed by atoms with E-state index in [1.807, 2.05) is 30.3 Å². The molecule has 0 aliphatic carbocycles. The number of fused-ring (bicyclic) bond motifs is 1. The van der Waals surface area contributed by atoms with E-state index in [2.05, 4.69) is 5.32 Å². The third kappa shape index (κ3) is 4.82. The number of benzene rings is 3. The number of imide groups is 1. The van der Waals surface area contributed by atoms with Gasteiger partial charge in [0.1, 0.15) is 11.3 Å². The number of aliphatic carboxylic acids is 1. The first-order valence-electron chi connectivity index (χ1n) is 12.7. The van der Waals surface area contributed by atoms with Gasteiger partial charge in [-0.15, -0.1) is 11.8 Å². The van der Waals surface area contributed by atoms with Gasteiger partial charge in [0.05, 0.1) is 23.9 Å². The van der Waals surface area contributed by atoms with Gasteiger partial charge >= 0.3 is 5.97 Å². The van der Waals surface area contributed by atoms with Gasteiger partial charge < -0.3 is 9.84 Å². The number of thioether (sulfide) groups is 1. The lowest BCUT2D eigenvalue weighted by Gasteiger charge is -2.31. The van der Waals surface area contributed by atoms with Crippen LogP contribution in [0.5, 0.6) is 5.75 Å². The summed E-state index contributed by atoms with van der Waals surface area (Å²) >= 11 is 1.50. The molecule has 4 unspecified atom stereocenters. The summed E-state index contributed by atoms with van der Waals surface area (Å²) in [5.74, 6) is -3.50. The first-order valence-corrected chi connectivity index (χ1v) is 13.7. The third-order valence-corrected chi connectivity index (χ3v) is 8.55. The molecule has 0 radical (unpaired) electrons. The summed E-state index contributed by atoms with van der Waals surface area (Å²) in [4.78, 5) is 53.6. The van der Waals surface area contributed by atoms with Crippen molar-refractivity contribution < 1.29 is 29.2 Å². The summed E-state index contributed by atoms with van der Waals surface area (Å²) in [6.07, 6.45) is -0.154. The predicted octanol–water partition coefficient (Wildman–Crippen LogP) is 3.71. The molecule has 0 spiro atoms. The van der Waals surface area contributed by atoms with Crippen LogP contribution in [-0.2, 0) is 20.8 Å². The van der Waals surface area contributed by atoms with Crippen LogP contribution >= 0.6 is 11.8 Å². The van der Waals surface area contributed by atoms with Crippen molar-refractivity contribution in [2.75, 3.05) is 19.4 Å². The number of nitrogens with one attached hydrogen (secondary N) is 1. The van der Waals surface area contributed by atoms with E-state index in [1.165, 1.54) is 48.0 Å². The molecule has 2 N–H and O–H groups in total. The van der Waals surface area contributed by atoms with Crippen molar-refractivity contribution in [2.24, 2.45) is 11.8 Å². The van der Waals surface area contributed by atoms with Gasteiger partial charge in [-0.1, -0.05) is 48.5 Å². The number of carbonyl (C=O) groups is 3. The molecular weight excluding hydrogens is 534 g/mol. The van der Waals surface area contributed by atoms with E-state index in [0.29, 0.717) is 22.6 Å². The van der Waals surface area contributed by atoms with E-state index < -0.39 is 46.1 Å². The topological polar surface area (TPSA) is 139 Å². The Balaban J connectivity index is 1.52. The van der Waals surface area contributed by atoms with Gasteiger partial charge in [-0.2, -0.15) is 0 Å². The molecule has 10 nitrogen and oxygen atoms in total. The van der Waals surface area contributed by atoms with Gasteiger partial charge in [-0.05, 0) is 23.8 Å². The smallest absolute Gasteiger partial charge is 0.325 e. The fourth-order valence-electron chi connectivity index (χ4n) is 5.74. The van der Waals surface area contributed by atoms with Gasteiger partial charge in [-0.3, -0.25) is 34.7 Å². The van der Waals surface area contributed by atoms with Gasteiger partial charge in [0.2, 0.25) is 11.8 Å². The molecule has 0 aromatic heterocycles. The molecule has 3 aromatic rings. The lowest BCUT2D eigenvalue weighted by Crippen LogP contribution is -2.57. The average Bonchev–Trinajstić information content (AvgIpc) is 3.43. The third-order valence-electron chi connectivity index (χ3n) is 7.56. The summed E-state index contributed by atoms with van der Waals surface area (Å²) in [5.41, 5.74) is -0.904. The molecule has 206 valence electrons. The minimum absolute atomic E-state index is 0.133. The maximum absolute atomic E-state index is 13.9. The first kappa shape index (κ1) is 27.4. The van der Waals surface area contributed by atoms with E-state index in [0.717, 1.165) is 4.90 Å². The van der Waals surface area contributed by atoms with Crippen molar-refractivity contribution in [1.82, 2.24) is 10.2 Å². The van der Waals surface area contributed by atoms with E-state index in [1.54, 1.807) is 24.3 Å². The zero-order valence-corrected chi connectivity index (χ0v) is 22.4. The second-order valence-electron chi connectivity index (χ2n) is 9.73. The van der Waals surface area contributed by atoms with Crippen LogP contribution in [-0.4, -0.2) is 57.7 Å². The van der Waals surface area contributed by atoms with Gasteiger partial charge in [-0.25, -0.2) is 0 Å². The molecule has 2 heterocycles. The highest BCUT2D eigenvalue weighted by Crippen LogP contribution is 2.51. The van der Waals surface area contributed by atoms with Gasteiger partial charge in [0.15, 0.2) is 0 Å². The maximum Gasteiger partial charge on any atom is 0.325 e. The Labute approximate surface area is 234 Å². The van der Waals surface area contributed by atoms with Gasteiger partial charge in [0.25, 0.3) is 5.69 Å². The van der Waals surface area contributed by atoms with Crippen LogP contribution in [0, 0.1) is 22.0 Å². The molecule has 2 amide bonds. The van der Waals surface area contributed by atoms with E-state index in [-0.39, 0.29) is 18.7 Å². The minimum atomic E-state index is -1.83. The molecule has 2 saturated heterocycles. The Morgan fingerprint density at radius 3 is 2.38 bits per heavy atom. The SMILES string of the molecule is COc1ccccc1C1NC(Cc2ccc([N+](=O)[O-])cc2)(C(=O)O)C2C(=O)N(CCSc3ccccc3)C(=O)C12. The van der Waals surface area contributed by atoms with E-state index in [9.17, 15) is 29.6 Å². The summed E-state index contributed by atoms with van der Waals surface area (Å²) in [6.45, 7) is 0.135. The van der Waals surface area contributed by atoms with Crippen molar-refractivity contribution in [2.45, 2.75) is 22.9 Å². The maximum atomic E-state index is 13.9. The van der Waals surface area contributed by atoms with Crippen LogP contribution < -0.4 is 10.1 Å². The minimum Gasteiger partial charge on any atom is -0.496 e. The molecule has 0 saturated carbocycles. The van der Waals surface area contributed by atoms with Crippen LogP contribution in [0.15, 0.2) is 83.8 Å². The second kappa shape index (κ2) is 11.1. The average molecular weight is 562 g/mol. The zero-order valence-electron chi connectivity index (χ0n) is 21.6. The molecular formula is C29H27N3O7S.